The molecule has 1 rings (SSSR count). The number of amides is 6. The topological polar surface area (TPSA) is 191 Å². The fourth-order valence-corrected chi connectivity index (χ4v) is 3.00. The number of hydrogen-bond acceptors (Lipinski definition) is 7. The second-order valence-electron chi connectivity index (χ2n) is 8.38. The molecule has 1 aliphatic heterocycles. The van der Waals surface area contributed by atoms with Gasteiger partial charge in [-0.2, -0.15) is 0 Å². The average molecular weight is 508 g/mol. The fourth-order valence-electron chi connectivity index (χ4n) is 3.00. The van der Waals surface area contributed by atoms with Crippen molar-refractivity contribution in [2.24, 2.45) is 0 Å². The molecule has 2 atom stereocenters. The molecular formula is C23H33N5O8. The van der Waals surface area contributed by atoms with Gasteiger partial charge in [0.1, 0.15) is 12.1 Å². The van der Waals surface area contributed by atoms with Crippen molar-refractivity contribution >= 4 is 41.4 Å². The number of nitrogens with zero attached hydrogens (tertiary/aromatic N) is 1. The van der Waals surface area contributed by atoms with Crippen LogP contribution in [0.3, 0.4) is 0 Å². The molecule has 0 saturated carbocycles. The van der Waals surface area contributed by atoms with Gasteiger partial charge >= 0.3 is 5.97 Å². The van der Waals surface area contributed by atoms with Crippen LogP contribution in [0.4, 0.5) is 0 Å². The monoisotopic (exact) mass is 507 g/mol. The summed E-state index contributed by atoms with van der Waals surface area (Å²) in [4.78, 5) is 83.1. The third kappa shape index (κ3) is 11.4. The Bertz CT molecular complexity index is 921. The number of aliphatic carboxylic acids is 1. The van der Waals surface area contributed by atoms with Crippen molar-refractivity contribution in [2.45, 2.75) is 58.5 Å². The molecule has 0 aromatic heterocycles. The van der Waals surface area contributed by atoms with Crippen LogP contribution in [0.5, 0.6) is 0 Å². The number of carbonyl (C=O) groups excluding carboxylic acids is 6. The summed E-state index contributed by atoms with van der Waals surface area (Å²) in [5.74, 6) is -4.29. The van der Waals surface area contributed by atoms with Gasteiger partial charge in [-0.3, -0.25) is 38.5 Å². The van der Waals surface area contributed by atoms with Crippen LogP contribution in [-0.4, -0.2) is 83.1 Å². The first-order chi connectivity index (χ1) is 16.9. The Morgan fingerprint density at radius 2 is 1.47 bits per heavy atom. The highest BCUT2D eigenvalue weighted by Gasteiger charge is 2.23. The molecule has 0 aliphatic carbocycles. The van der Waals surface area contributed by atoms with Crippen molar-refractivity contribution < 1.29 is 38.7 Å². The summed E-state index contributed by atoms with van der Waals surface area (Å²) in [6.07, 6.45) is 5.71. The van der Waals surface area contributed by atoms with E-state index in [1.165, 1.54) is 25.2 Å². The molecule has 1 aliphatic rings. The van der Waals surface area contributed by atoms with Gasteiger partial charge in [0.05, 0.1) is 13.1 Å². The van der Waals surface area contributed by atoms with Crippen LogP contribution in [0.2, 0.25) is 0 Å². The van der Waals surface area contributed by atoms with E-state index in [0.717, 1.165) is 4.90 Å². The first-order valence-electron chi connectivity index (χ1n) is 11.4. The Balaban J connectivity index is 2.29. The first kappa shape index (κ1) is 30.0. The summed E-state index contributed by atoms with van der Waals surface area (Å²) in [5, 5.41) is 18.3. The SMILES string of the molecule is CC(C)=CC(NC(=O)CNC(=O)CNC(=O)CCCCCN1C(=O)C=CC1=O)C(=O)N[C@@H](C)C(=O)O. The Hall–Kier alpha value is -4.03. The van der Waals surface area contributed by atoms with Crippen LogP contribution >= 0.6 is 0 Å². The van der Waals surface area contributed by atoms with E-state index < -0.39 is 42.3 Å². The van der Waals surface area contributed by atoms with Crippen LogP contribution in [0.25, 0.3) is 0 Å². The molecule has 198 valence electrons. The smallest absolute Gasteiger partial charge is 0.325 e. The summed E-state index contributed by atoms with van der Waals surface area (Å²) in [7, 11) is 0. The highest BCUT2D eigenvalue weighted by atomic mass is 16.4. The number of rotatable bonds is 15. The van der Waals surface area contributed by atoms with Gasteiger partial charge in [-0.05, 0) is 33.6 Å². The standard InChI is InChI=1S/C23H33N5O8/c1-14(2)11-16(22(34)26-15(3)23(35)36)27-19(31)13-25-18(30)12-24-17(29)7-5-4-6-10-28-20(32)8-9-21(28)33/h8-9,11,15-16H,4-7,10,12-13H2,1-3H3,(H,24,29)(H,25,30)(H,26,34)(H,27,31)(H,35,36)/t15-,16?/m0/s1. The highest BCUT2D eigenvalue weighted by molar-refractivity contribution is 6.12. The Morgan fingerprint density at radius 1 is 0.889 bits per heavy atom. The van der Waals surface area contributed by atoms with Gasteiger partial charge in [0.25, 0.3) is 11.8 Å². The van der Waals surface area contributed by atoms with Crippen LogP contribution in [-0.2, 0) is 33.6 Å². The number of carboxylic acid groups (broad SMARTS) is 1. The highest BCUT2D eigenvalue weighted by Crippen LogP contribution is 2.07. The first-order valence-corrected chi connectivity index (χ1v) is 11.4. The minimum absolute atomic E-state index is 0.155. The van der Waals surface area contributed by atoms with E-state index in [4.69, 9.17) is 5.11 Å². The van der Waals surface area contributed by atoms with Gasteiger partial charge in [0.15, 0.2) is 0 Å². The molecule has 0 fully saturated rings. The van der Waals surface area contributed by atoms with Crippen molar-refractivity contribution in [3.63, 3.8) is 0 Å². The molecule has 0 aromatic carbocycles. The summed E-state index contributed by atoms with van der Waals surface area (Å²) in [6.45, 7) is 4.17. The van der Waals surface area contributed by atoms with Crippen LogP contribution in [0.15, 0.2) is 23.8 Å². The van der Waals surface area contributed by atoms with Crippen molar-refractivity contribution in [2.75, 3.05) is 19.6 Å². The molecule has 13 nitrogen and oxygen atoms in total. The van der Waals surface area contributed by atoms with Crippen molar-refractivity contribution in [1.82, 2.24) is 26.2 Å². The number of allylic oxidation sites excluding steroid dienone is 1. The van der Waals surface area contributed by atoms with Crippen LogP contribution in [0, 0.1) is 0 Å². The van der Waals surface area contributed by atoms with Crippen molar-refractivity contribution in [1.29, 1.82) is 0 Å². The third-order valence-electron chi connectivity index (χ3n) is 4.91. The quantitative estimate of drug-likeness (QED) is 0.103. The lowest BCUT2D eigenvalue weighted by Crippen LogP contribution is -2.52. The lowest BCUT2D eigenvalue weighted by Gasteiger charge is -2.18. The largest absolute Gasteiger partial charge is 0.480 e. The maximum absolute atomic E-state index is 12.3. The van der Waals surface area contributed by atoms with E-state index in [1.54, 1.807) is 13.8 Å². The molecule has 0 aromatic rings. The van der Waals surface area contributed by atoms with E-state index in [0.29, 0.717) is 24.8 Å². The molecule has 13 heteroatoms. The summed E-state index contributed by atoms with van der Waals surface area (Å²) in [6, 6.07) is -2.28. The van der Waals surface area contributed by atoms with E-state index >= 15 is 0 Å². The molecule has 5 N–H and O–H groups in total. The zero-order valence-corrected chi connectivity index (χ0v) is 20.6. The minimum Gasteiger partial charge on any atom is -0.480 e. The van der Waals surface area contributed by atoms with Gasteiger partial charge in [0, 0.05) is 25.1 Å². The van der Waals surface area contributed by atoms with Crippen molar-refractivity contribution in [3.8, 4) is 0 Å². The van der Waals surface area contributed by atoms with E-state index in [-0.39, 0.29) is 37.2 Å². The summed E-state index contributed by atoms with van der Waals surface area (Å²) in [5.41, 5.74) is 0.709. The fraction of sp³-hybridized carbons (Fsp3) is 0.522. The molecule has 36 heavy (non-hydrogen) atoms. The second kappa shape index (κ2) is 15.1. The minimum atomic E-state index is -1.23. The molecule has 0 saturated heterocycles. The lowest BCUT2D eigenvalue weighted by molar-refractivity contribution is -0.141. The number of carbonyl (C=O) groups is 7. The van der Waals surface area contributed by atoms with E-state index in [1.807, 2.05) is 0 Å². The number of hydrogen-bond donors (Lipinski definition) is 5. The van der Waals surface area contributed by atoms with Gasteiger partial charge < -0.3 is 26.4 Å². The Kier molecular flexibility index (Phi) is 12.6. The predicted molar refractivity (Wildman–Crippen MR) is 127 cm³/mol. The Morgan fingerprint density at radius 3 is 2.06 bits per heavy atom. The predicted octanol–water partition coefficient (Wildman–Crippen LogP) is -1.26. The molecule has 0 radical (unpaired) electrons. The number of unbranched alkanes of at least 4 members (excludes halogenated alkanes) is 2. The van der Waals surface area contributed by atoms with Crippen molar-refractivity contribution in [3.05, 3.63) is 23.8 Å². The summed E-state index contributed by atoms with van der Waals surface area (Å²) < 4.78 is 0. The van der Waals surface area contributed by atoms with Crippen LogP contribution < -0.4 is 21.3 Å². The number of imide groups is 1. The maximum atomic E-state index is 12.3. The normalized spacial score (nSPS) is 14.0. The molecule has 1 heterocycles. The average Bonchev–Trinajstić information content (AvgIpc) is 3.12. The zero-order valence-electron chi connectivity index (χ0n) is 20.6. The Labute approximate surface area is 208 Å². The van der Waals surface area contributed by atoms with Gasteiger partial charge in [-0.1, -0.05) is 18.1 Å². The summed E-state index contributed by atoms with van der Waals surface area (Å²) >= 11 is 0. The number of nitrogens with one attached hydrogen (secondary N) is 4. The molecule has 1 unspecified atom stereocenters. The molecule has 6 amide bonds. The second-order valence-corrected chi connectivity index (χ2v) is 8.38. The third-order valence-corrected chi connectivity index (χ3v) is 4.91. The van der Waals surface area contributed by atoms with Crippen LogP contribution in [0.1, 0.15) is 46.5 Å². The number of carboxylic acids is 1. The molecular weight excluding hydrogens is 474 g/mol. The van der Waals surface area contributed by atoms with E-state index in [9.17, 15) is 33.6 Å². The molecule has 0 spiro atoms. The van der Waals surface area contributed by atoms with Gasteiger partial charge in [0.2, 0.25) is 23.6 Å². The van der Waals surface area contributed by atoms with Gasteiger partial charge in [-0.15, -0.1) is 0 Å². The molecule has 0 bridgehead atoms. The van der Waals surface area contributed by atoms with Gasteiger partial charge in [-0.25, -0.2) is 0 Å². The lowest BCUT2D eigenvalue weighted by atomic mass is 10.1. The maximum Gasteiger partial charge on any atom is 0.325 e. The van der Waals surface area contributed by atoms with E-state index in [2.05, 4.69) is 21.3 Å². The zero-order chi connectivity index (χ0) is 27.3.